The second kappa shape index (κ2) is 12.6. The number of carbonyl (C=O) groups excluding carboxylic acids is 2. The van der Waals surface area contributed by atoms with Gasteiger partial charge in [0.2, 0.25) is 0 Å². The fourth-order valence-corrected chi connectivity index (χ4v) is 4.95. The molecule has 0 radical (unpaired) electrons. The number of hydrogen-bond acceptors (Lipinski definition) is 7. The number of aromatic nitrogens is 2. The number of nitrogens with one attached hydrogen (secondary N) is 4. The average Bonchev–Trinajstić information content (AvgIpc) is 3.38. The number of nitriles is 1. The number of amides is 2. The largest absolute Gasteiger partial charge is 1.00 e. The predicted octanol–water partition coefficient (Wildman–Crippen LogP) is -0.957. The van der Waals surface area contributed by atoms with Gasteiger partial charge in [-0.15, -0.1) is 0 Å². The molecule has 0 spiro atoms. The Bertz CT molecular complexity index is 1300. The average molecular weight is 574 g/mol. The van der Waals surface area contributed by atoms with Crippen LogP contribution in [0, 0.1) is 18.3 Å². The Morgan fingerprint density at radius 2 is 2.03 bits per heavy atom. The second-order valence-corrected chi connectivity index (χ2v) is 9.64. The number of halogens is 3. The minimum absolute atomic E-state index is 0. The van der Waals surface area contributed by atoms with Crippen LogP contribution in [0.25, 0.3) is 10.2 Å². The zero-order chi connectivity index (χ0) is 24.9. The van der Waals surface area contributed by atoms with Crippen molar-refractivity contribution in [3.63, 3.8) is 0 Å². The van der Waals surface area contributed by atoms with Gasteiger partial charge in [0.25, 0.3) is 11.8 Å². The van der Waals surface area contributed by atoms with Gasteiger partial charge in [0.15, 0.2) is 5.13 Å². The summed E-state index contributed by atoms with van der Waals surface area (Å²) in [6, 6.07) is 5.13. The molecule has 0 aliphatic carbocycles. The Morgan fingerprint density at radius 1 is 1.28 bits per heavy atom. The third-order valence-corrected chi connectivity index (χ3v) is 7.33. The number of morpholine rings is 1. The summed E-state index contributed by atoms with van der Waals surface area (Å²) in [4.78, 5) is 34.0. The van der Waals surface area contributed by atoms with E-state index in [1.54, 1.807) is 19.1 Å². The molecule has 1 aliphatic heterocycles. The van der Waals surface area contributed by atoms with E-state index in [9.17, 15) is 9.59 Å². The molecule has 4 rings (SSSR count). The summed E-state index contributed by atoms with van der Waals surface area (Å²) >= 11 is 13.4. The minimum atomic E-state index is -0.491. The number of rotatable bonds is 8. The lowest BCUT2D eigenvalue weighted by molar-refractivity contribution is -0.908. The summed E-state index contributed by atoms with van der Waals surface area (Å²) in [7, 11) is 0. The third kappa shape index (κ3) is 6.39. The zero-order valence-corrected chi connectivity index (χ0v) is 22.3. The van der Waals surface area contributed by atoms with Gasteiger partial charge in [-0.05, 0) is 19.1 Å². The molecular formula is C22H23Cl3N6O4S. The summed E-state index contributed by atoms with van der Waals surface area (Å²) in [5, 5.41) is 14.8. The summed E-state index contributed by atoms with van der Waals surface area (Å²) < 4.78 is 12.1. The predicted molar refractivity (Wildman–Crippen MR) is 133 cm³/mol. The van der Waals surface area contributed by atoms with Crippen molar-refractivity contribution in [2.24, 2.45) is 0 Å². The number of hydrogen-bond donors (Lipinski definition) is 4. The van der Waals surface area contributed by atoms with Crippen LogP contribution in [0.1, 0.15) is 26.5 Å². The molecule has 2 aromatic heterocycles. The Hall–Kier alpha value is -2.59. The molecule has 1 aliphatic rings. The maximum absolute atomic E-state index is 12.7. The van der Waals surface area contributed by atoms with E-state index in [2.05, 4.69) is 20.6 Å². The van der Waals surface area contributed by atoms with Gasteiger partial charge in [0.05, 0.1) is 34.0 Å². The molecule has 0 bridgehead atoms. The van der Waals surface area contributed by atoms with E-state index in [0.29, 0.717) is 39.0 Å². The second-order valence-electron chi connectivity index (χ2n) is 7.85. The van der Waals surface area contributed by atoms with Gasteiger partial charge in [-0.25, -0.2) is 4.98 Å². The monoisotopic (exact) mass is 572 g/mol. The molecule has 1 fully saturated rings. The van der Waals surface area contributed by atoms with Crippen LogP contribution in [0.2, 0.25) is 10.0 Å². The molecule has 0 saturated carbocycles. The number of thiazole rings is 1. The Labute approximate surface area is 227 Å². The minimum Gasteiger partial charge on any atom is -1.00 e. The van der Waals surface area contributed by atoms with Crippen LogP contribution < -0.4 is 32.7 Å². The fraction of sp³-hybridized carbons (Fsp3) is 0.364. The highest BCUT2D eigenvalue weighted by Gasteiger charge is 2.21. The number of aromatic amines is 1. The molecule has 1 aromatic carbocycles. The highest BCUT2D eigenvalue weighted by atomic mass is 35.5. The smallest absolute Gasteiger partial charge is 0.275 e. The van der Waals surface area contributed by atoms with Crippen LogP contribution >= 0.6 is 34.5 Å². The van der Waals surface area contributed by atoms with Crippen LogP contribution in [-0.4, -0.2) is 67.8 Å². The standard InChI is InChI=1S/C22H22Cl2N6O4S.ClH/c1-12-16(23)17(24)19(27-12)21(32)29-22-28-18-14(34-9-6-30-4-7-33-8-5-30)10-13(11-15(18)35-22)20(31)26-3-2-25;/h10-11,27H,3-9H2,1H3,(H,26,31)(H,28,29,32);1H. The topological polar surface area (TPSA) is 134 Å². The van der Waals surface area contributed by atoms with Crippen molar-refractivity contribution >= 4 is 61.7 Å². The highest BCUT2D eigenvalue weighted by molar-refractivity contribution is 7.22. The molecule has 0 atom stereocenters. The first-order valence-corrected chi connectivity index (χ1v) is 12.4. The highest BCUT2D eigenvalue weighted by Crippen LogP contribution is 2.35. The maximum Gasteiger partial charge on any atom is 0.275 e. The molecule has 2 amide bonds. The summed E-state index contributed by atoms with van der Waals surface area (Å²) in [6.07, 6.45) is 0. The maximum atomic E-state index is 12.7. The number of fused-ring (bicyclic) bond motifs is 1. The van der Waals surface area contributed by atoms with Crippen molar-refractivity contribution in [1.82, 2.24) is 15.3 Å². The van der Waals surface area contributed by atoms with Crippen molar-refractivity contribution in [2.45, 2.75) is 6.92 Å². The first-order valence-electron chi connectivity index (χ1n) is 10.9. The van der Waals surface area contributed by atoms with E-state index in [-0.39, 0.29) is 34.7 Å². The number of anilines is 1. The lowest BCUT2D eigenvalue weighted by Gasteiger charge is -2.23. The number of carbonyl (C=O) groups is 2. The Kier molecular flexibility index (Phi) is 9.78. The number of H-pyrrole nitrogens is 1. The quantitative estimate of drug-likeness (QED) is 0.257. The number of ether oxygens (including phenoxy) is 2. The van der Waals surface area contributed by atoms with Gasteiger partial charge in [-0.1, -0.05) is 34.5 Å². The van der Waals surface area contributed by atoms with Crippen LogP contribution in [-0.2, 0) is 4.74 Å². The molecule has 14 heteroatoms. The molecule has 10 nitrogen and oxygen atoms in total. The first-order chi connectivity index (χ1) is 16.9. The van der Waals surface area contributed by atoms with Crippen molar-refractivity contribution in [3.05, 3.63) is 39.1 Å². The van der Waals surface area contributed by atoms with Gasteiger partial charge in [0, 0.05) is 11.3 Å². The normalized spacial score (nSPS) is 13.6. The summed E-state index contributed by atoms with van der Waals surface area (Å²) in [6.45, 7) is 6.05. The van der Waals surface area contributed by atoms with E-state index >= 15 is 0 Å². The zero-order valence-electron chi connectivity index (χ0n) is 19.2. The Balaban J connectivity index is 0.00000361. The molecule has 3 heterocycles. The summed E-state index contributed by atoms with van der Waals surface area (Å²) in [5.74, 6) is -0.473. The van der Waals surface area contributed by atoms with E-state index in [4.69, 9.17) is 37.9 Å². The number of quaternary nitrogens is 1. The summed E-state index contributed by atoms with van der Waals surface area (Å²) in [5.41, 5.74) is 1.57. The SMILES string of the molecule is Cc1[nH]c(C(=O)Nc2nc3c(OCC[NH+]4CCOCC4)cc(C(=O)NCC#N)cc3s2)c(Cl)c1Cl.[Cl-]. The van der Waals surface area contributed by atoms with E-state index in [0.717, 1.165) is 32.8 Å². The van der Waals surface area contributed by atoms with E-state index in [1.165, 1.54) is 16.2 Å². The number of nitrogens with zero attached hydrogens (tertiary/aromatic N) is 2. The van der Waals surface area contributed by atoms with Crippen molar-refractivity contribution < 1.29 is 36.4 Å². The van der Waals surface area contributed by atoms with E-state index in [1.807, 2.05) is 6.07 Å². The van der Waals surface area contributed by atoms with Gasteiger partial charge in [0.1, 0.15) is 49.7 Å². The Morgan fingerprint density at radius 3 is 2.69 bits per heavy atom. The molecule has 0 unspecified atom stereocenters. The van der Waals surface area contributed by atoms with Crippen LogP contribution in [0.3, 0.4) is 0 Å². The lowest BCUT2D eigenvalue weighted by Crippen LogP contribution is -3.14. The van der Waals surface area contributed by atoms with Crippen molar-refractivity contribution in [3.8, 4) is 11.8 Å². The van der Waals surface area contributed by atoms with Crippen LogP contribution in [0.15, 0.2) is 12.1 Å². The first kappa shape index (κ1) is 28.0. The third-order valence-electron chi connectivity index (χ3n) is 5.46. The lowest BCUT2D eigenvalue weighted by atomic mass is 10.2. The van der Waals surface area contributed by atoms with Gasteiger partial charge < -0.3 is 37.1 Å². The fourth-order valence-electron chi connectivity index (χ4n) is 3.62. The number of benzene rings is 1. The molecule has 1 saturated heterocycles. The van der Waals surface area contributed by atoms with Gasteiger partial charge >= 0.3 is 0 Å². The molecule has 3 aromatic rings. The van der Waals surface area contributed by atoms with Crippen LogP contribution in [0.4, 0.5) is 5.13 Å². The van der Waals surface area contributed by atoms with Gasteiger partial charge in [-0.2, -0.15) is 5.26 Å². The van der Waals surface area contributed by atoms with Crippen LogP contribution in [0.5, 0.6) is 5.75 Å². The van der Waals surface area contributed by atoms with Gasteiger partial charge in [-0.3, -0.25) is 14.9 Å². The molecule has 192 valence electrons. The molecular weight excluding hydrogens is 551 g/mol. The number of aryl methyl sites for hydroxylation is 1. The van der Waals surface area contributed by atoms with E-state index < -0.39 is 11.8 Å². The van der Waals surface area contributed by atoms with Crippen molar-refractivity contribution in [2.75, 3.05) is 51.3 Å². The van der Waals surface area contributed by atoms with Crippen molar-refractivity contribution in [1.29, 1.82) is 5.26 Å². The molecule has 4 N–H and O–H groups in total. The molecule has 36 heavy (non-hydrogen) atoms.